The highest BCUT2D eigenvalue weighted by molar-refractivity contribution is 5.13. The van der Waals surface area contributed by atoms with Crippen LogP contribution in [-0.4, -0.2) is 50.6 Å². The van der Waals surface area contributed by atoms with Gasteiger partial charge in [-0.2, -0.15) is 0 Å². The van der Waals surface area contributed by atoms with Gasteiger partial charge < -0.3 is 14.2 Å². The van der Waals surface area contributed by atoms with Crippen LogP contribution in [0.4, 0.5) is 0 Å². The third kappa shape index (κ3) is 4.51. The van der Waals surface area contributed by atoms with Crippen molar-refractivity contribution in [2.75, 3.05) is 27.3 Å². The molecule has 0 bridgehead atoms. The normalized spacial score (nSPS) is 21.0. The maximum Gasteiger partial charge on any atom is 0.172 e. The quantitative estimate of drug-likeness (QED) is 0.690. The summed E-state index contributed by atoms with van der Waals surface area (Å²) in [5.41, 5.74) is 1.23. The zero-order valence-electron chi connectivity index (χ0n) is 13.3. The van der Waals surface area contributed by atoms with E-state index in [0.717, 1.165) is 25.9 Å². The van der Waals surface area contributed by atoms with Gasteiger partial charge in [0.05, 0.1) is 18.8 Å². The highest BCUT2D eigenvalue weighted by Crippen LogP contribution is 2.21. The molecule has 0 radical (unpaired) electrons. The molecule has 1 heterocycles. The third-order valence-electron chi connectivity index (χ3n) is 4.17. The molecular formula is C17H27NO3. The minimum atomic E-state index is -0.164. The van der Waals surface area contributed by atoms with E-state index in [4.69, 9.17) is 14.2 Å². The average Bonchev–Trinajstić information content (AvgIpc) is 3.00. The van der Waals surface area contributed by atoms with Crippen molar-refractivity contribution >= 4 is 0 Å². The largest absolute Gasteiger partial charge is 0.372 e. The molecule has 118 valence electrons. The second kappa shape index (κ2) is 8.49. The Morgan fingerprint density at radius 3 is 2.52 bits per heavy atom. The Labute approximate surface area is 128 Å². The maximum atomic E-state index is 6.04. The van der Waals surface area contributed by atoms with Crippen molar-refractivity contribution in [2.45, 2.75) is 44.8 Å². The van der Waals surface area contributed by atoms with Crippen LogP contribution < -0.4 is 0 Å². The summed E-state index contributed by atoms with van der Waals surface area (Å²) in [6, 6.07) is 10.6. The molecule has 1 aliphatic rings. The number of nitrogens with zero attached hydrogens (tertiary/aromatic N) is 1. The number of methoxy groups -OCH3 is 2. The Bertz CT molecular complexity index is 394. The van der Waals surface area contributed by atoms with Crippen LogP contribution in [0.3, 0.4) is 0 Å². The van der Waals surface area contributed by atoms with Crippen LogP contribution >= 0.6 is 0 Å². The van der Waals surface area contributed by atoms with Gasteiger partial charge in [0.2, 0.25) is 0 Å². The van der Waals surface area contributed by atoms with Crippen molar-refractivity contribution in [1.29, 1.82) is 0 Å². The summed E-state index contributed by atoms with van der Waals surface area (Å²) in [7, 11) is 3.41. The lowest BCUT2D eigenvalue weighted by molar-refractivity contribution is -0.146. The zero-order chi connectivity index (χ0) is 15.1. The molecule has 2 rings (SSSR count). The van der Waals surface area contributed by atoms with Crippen LogP contribution in [0, 0.1) is 0 Å². The highest BCUT2D eigenvalue weighted by atomic mass is 16.7. The number of hydrogen-bond donors (Lipinski definition) is 0. The summed E-state index contributed by atoms with van der Waals surface area (Å²) >= 11 is 0. The van der Waals surface area contributed by atoms with Gasteiger partial charge in [0.15, 0.2) is 6.29 Å². The lowest BCUT2D eigenvalue weighted by Gasteiger charge is -2.32. The summed E-state index contributed by atoms with van der Waals surface area (Å²) < 4.78 is 16.9. The molecule has 1 aromatic rings. The molecule has 1 aliphatic heterocycles. The Morgan fingerprint density at radius 1 is 1.19 bits per heavy atom. The minimum absolute atomic E-state index is 0.164. The Balaban J connectivity index is 1.82. The van der Waals surface area contributed by atoms with E-state index >= 15 is 0 Å². The second-order valence-corrected chi connectivity index (χ2v) is 5.52. The van der Waals surface area contributed by atoms with Crippen molar-refractivity contribution in [1.82, 2.24) is 4.90 Å². The van der Waals surface area contributed by atoms with Crippen molar-refractivity contribution in [3.05, 3.63) is 35.9 Å². The molecule has 21 heavy (non-hydrogen) atoms. The first-order chi connectivity index (χ1) is 10.3. The van der Waals surface area contributed by atoms with Gasteiger partial charge in [-0.05, 0) is 18.4 Å². The van der Waals surface area contributed by atoms with Crippen LogP contribution in [0.1, 0.15) is 25.3 Å². The number of rotatable bonds is 8. The smallest absolute Gasteiger partial charge is 0.172 e. The Morgan fingerprint density at radius 2 is 1.90 bits per heavy atom. The van der Waals surface area contributed by atoms with Crippen molar-refractivity contribution in [3.8, 4) is 0 Å². The Kier molecular flexibility index (Phi) is 6.64. The highest BCUT2D eigenvalue weighted by Gasteiger charge is 2.32. The van der Waals surface area contributed by atoms with E-state index in [1.165, 1.54) is 5.56 Å². The molecule has 0 aliphatic carbocycles. The lowest BCUT2D eigenvalue weighted by atomic mass is 10.2. The van der Waals surface area contributed by atoms with Gasteiger partial charge in [-0.3, -0.25) is 4.90 Å². The lowest BCUT2D eigenvalue weighted by Crippen LogP contribution is -2.44. The second-order valence-electron chi connectivity index (χ2n) is 5.52. The first-order valence-corrected chi connectivity index (χ1v) is 7.73. The van der Waals surface area contributed by atoms with Crippen molar-refractivity contribution < 1.29 is 14.2 Å². The molecule has 0 aromatic heterocycles. The van der Waals surface area contributed by atoms with Gasteiger partial charge in [-0.15, -0.1) is 0 Å². The SMILES string of the molecule is CC[C@H](C(OC)OC)N1CC[C@@H](OCc2ccccc2)C1. The van der Waals surface area contributed by atoms with Crippen LogP contribution in [-0.2, 0) is 20.8 Å². The molecule has 1 aromatic carbocycles. The molecule has 4 heteroatoms. The third-order valence-corrected chi connectivity index (χ3v) is 4.17. The van der Waals surface area contributed by atoms with E-state index in [1.807, 2.05) is 6.07 Å². The van der Waals surface area contributed by atoms with Crippen LogP contribution in [0.2, 0.25) is 0 Å². The molecule has 2 atom stereocenters. The molecule has 0 N–H and O–H groups in total. The number of benzene rings is 1. The molecular weight excluding hydrogens is 266 g/mol. The van der Waals surface area contributed by atoms with Gasteiger partial charge in [0.1, 0.15) is 0 Å². The van der Waals surface area contributed by atoms with Crippen LogP contribution in [0.15, 0.2) is 30.3 Å². The van der Waals surface area contributed by atoms with Gasteiger partial charge in [0, 0.05) is 27.3 Å². The van der Waals surface area contributed by atoms with Gasteiger partial charge in [-0.1, -0.05) is 37.3 Å². The summed E-state index contributed by atoms with van der Waals surface area (Å²) in [5.74, 6) is 0. The number of likely N-dealkylation sites (tertiary alicyclic amines) is 1. The fraction of sp³-hybridized carbons (Fsp3) is 0.647. The summed E-state index contributed by atoms with van der Waals surface area (Å²) in [6.45, 7) is 4.86. The first kappa shape index (κ1) is 16.4. The van der Waals surface area contributed by atoms with Crippen LogP contribution in [0.25, 0.3) is 0 Å². The number of hydrogen-bond acceptors (Lipinski definition) is 4. The average molecular weight is 293 g/mol. The van der Waals surface area contributed by atoms with E-state index in [9.17, 15) is 0 Å². The minimum Gasteiger partial charge on any atom is -0.372 e. The fourth-order valence-corrected chi connectivity index (χ4v) is 3.01. The van der Waals surface area contributed by atoms with Gasteiger partial charge in [-0.25, -0.2) is 0 Å². The molecule has 0 amide bonds. The van der Waals surface area contributed by atoms with Crippen molar-refractivity contribution in [2.24, 2.45) is 0 Å². The van der Waals surface area contributed by atoms with E-state index in [0.29, 0.717) is 18.8 Å². The predicted molar refractivity (Wildman–Crippen MR) is 83.1 cm³/mol. The summed E-state index contributed by atoms with van der Waals surface area (Å²) in [5, 5.41) is 0. The van der Waals surface area contributed by atoms with E-state index in [1.54, 1.807) is 14.2 Å². The standard InChI is InChI=1S/C17H27NO3/c1-4-16(17(19-2)20-3)18-11-10-15(12-18)21-13-14-8-6-5-7-9-14/h5-9,15-17H,4,10-13H2,1-3H3/t15-,16-/m1/s1. The van der Waals surface area contributed by atoms with E-state index in [2.05, 4.69) is 36.1 Å². The molecule has 4 nitrogen and oxygen atoms in total. The maximum absolute atomic E-state index is 6.04. The van der Waals surface area contributed by atoms with E-state index in [-0.39, 0.29) is 6.29 Å². The fourth-order valence-electron chi connectivity index (χ4n) is 3.01. The molecule has 0 unspecified atom stereocenters. The molecule has 1 saturated heterocycles. The molecule has 0 spiro atoms. The summed E-state index contributed by atoms with van der Waals surface area (Å²) in [4.78, 5) is 2.42. The summed E-state index contributed by atoms with van der Waals surface area (Å²) in [6.07, 6.45) is 2.22. The predicted octanol–water partition coefficient (Wildman–Crippen LogP) is 2.68. The van der Waals surface area contributed by atoms with Crippen molar-refractivity contribution in [3.63, 3.8) is 0 Å². The zero-order valence-corrected chi connectivity index (χ0v) is 13.3. The van der Waals surface area contributed by atoms with Crippen LogP contribution in [0.5, 0.6) is 0 Å². The molecule has 0 saturated carbocycles. The monoisotopic (exact) mass is 293 g/mol. The van der Waals surface area contributed by atoms with Gasteiger partial charge >= 0.3 is 0 Å². The number of ether oxygens (including phenoxy) is 3. The Hall–Kier alpha value is -0.940. The van der Waals surface area contributed by atoms with Gasteiger partial charge in [0.25, 0.3) is 0 Å². The van der Waals surface area contributed by atoms with E-state index < -0.39 is 0 Å². The topological polar surface area (TPSA) is 30.9 Å². The first-order valence-electron chi connectivity index (χ1n) is 7.73. The molecule has 1 fully saturated rings.